The summed E-state index contributed by atoms with van der Waals surface area (Å²) < 4.78 is 10.9. The molecule has 4 nitrogen and oxygen atoms in total. The minimum Gasteiger partial charge on any atom is -0.494 e. The maximum absolute atomic E-state index is 11.4. The lowest BCUT2D eigenvalue weighted by Crippen LogP contribution is -2.28. The van der Waals surface area contributed by atoms with E-state index in [-0.39, 0.29) is 5.91 Å². The molecule has 0 aromatic heterocycles. The highest BCUT2D eigenvalue weighted by Gasteiger charge is 2.03. The normalized spacial score (nSPS) is 10.3. The van der Waals surface area contributed by atoms with Crippen molar-refractivity contribution in [2.24, 2.45) is 5.92 Å². The second-order valence-corrected chi connectivity index (χ2v) is 4.70. The van der Waals surface area contributed by atoms with Crippen molar-refractivity contribution in [3.05, 3.63) is 24.3 Å². The summed E-state index contributed by atoms with van der Waals surface area (Å²) in [5, 5.41) is 2.83. The summed E-state index contributed by atoms with van der Waals surface area (Å²) in [7, 11) is 0. The Morgan fingerprint density at radius 1 is 1.26 bits per heavy atom. The number of carbonyl (C=O) groups is 1. The SMILES string of the molecule is CCOc1cccc(OCCNC(=O)CC(C)C)c1. The first-order valence-corrected chi connectivity index (χ1v) is 6.74. The Kier molecular flexibility index (Phi) is 6.79. The second-order valence-electron chi connectivity index (χ2n) is 4.70. The van der Waals surface area contributed by atoms with Gasteiger partial charge in [-0.15, -0.1) is 0 Å². The van der Waals surface area contributed by atoms with Crippen LogP contribution in [0.3, 0.4) is 0 Å². The minimum absolute atomic E-state index is 0.0710. The Morgan fingerprint density at radius 2 is 1.95 bits per heavy atom. The van der Waals surface area contributed by atoms with E-state index in [1.54, 1.807) is 0 Å². The first-order valence-electron chi connectivity index (χ1n) is 6.74. The molecule has 0 aliphatic rings. The van der Waals surface area contributed by atoms with Gasteiger partial charge in [0.2, 0.25) is 5.91 Å². The van der Waals surface area contributed by atoms with E-state index in [0.29, 0.717) is 32.1 Å². The van der Waals surface area contributed by atoms with Gasteiger partial charge in [0.05, 0.1) is 13.2 Å². The molecule has 0 radical (unpaired) electrons. The molecule has 1 amide bonds. The van der Waals surface area contributed by atoms with Crippen molar-refractivity contribution < 1.29 is 14.3 Å². The molecule has 0 unspecified atom stereocenters. The Morgan fingerprint density at radius 3 is 2.58 bits per heavy atom. The minimum atomic E-state index is 0.0710. The Balaban J connectivity index is 2.25. The average Bonchev–Trinajstić information content (AvgIpc) is 2.35. The van der Waals surface area contributed by atoms with Crippen LogP contribution in [0.25, 0.3) is 0 Å². The standard InChI is InChI=1S/C15H23NO3/c1-4-18-13-6-5-7-14(11-13)19-9-8-16-15(17)10-12(2)3/h5-7,11-12H,4,8-10H2,1-3H3,(H,16,17). The van der Waals surface area contributed by atoms with Crippen LogP contribution in [0.15, 0.2) is 24.3 Å². The van der Waals surface area contributed by atoms with Crippen LogP contribution in [0, 0.1) is 5.92 Å². The molecular formula is C15H23NO3. The predicted octanol–water partition coefficient (Wildman–Crippen LogP) is 2.63. The summed E-state index contributed by atoms with van der Waals surface area (Å²) in [6.45, 7) is 7.60. The summed E-state index contributed by atoms with van der Waals surface area (Å²) >= 11 is 0. The maximum atomic E-state index is 11.4. The monoisotopic (exact) mass is 265 g/mol. The van der Waals surface area contributed by atoms with Gasteiger partial charge >= 0.3 is 0 Å². The highest BCUT2D eigenvalue weighted by atomic mass is 16.5. The van der Waals surface area contributed by atoms with E-state index in [1.807, 2.05) is 45.0 Å². The Bertz CT molecular complexity index is 391. The quantitative estimate of drug-likeness (QED) is 0.735. The van der Waals surface area contributed by atoms with Gasteiger partial charge in [0.1, 0.15) is 18.1 Å². The zero-order chi connectivity index (χ0) is 14.1. The molecule has 0 saturated carbocycles. The van der Waals surface area contributed by atoms with Crippen LogP contribution in [0.5, 0.6) is 11.5 Å². The highest BCUT2D eigenvalue weighted by molar-refractivity contribution is 5.75. The van der Waals surface area contributed by atoms with Crippen LogP contribution < -0.4 is 14.8 Å². The topological polar surface area (TPSA) is 47.6 Å². The molecule has 0 aliphatic carbocycles. The van der Waals surface area contributed by atoms with Gasteiger partial charge in [-0.2, -0.15) is 0 Å². The predicted molar refractivity (Wildman–Crippen MR) is 75.6 cm³/mol. The van der Waals surface area contributed by atoms with E-state index in [2.05, 4.69) is 5.32 Å². The molecule has 0 bridgehead atoms. The molecule has 1 rings (SSSR count). The second kappa shape index (κ2) is 8.40. The van der Waals surface area contributed by atoms with Crippen LogP contribution in [0.2, 0.25) is 0 Å². The van der Waals surface area contributed by atoms with Crippen LogP contribution in [-0.4, -0.2) is 25.7 Å². The van der Waals surface area contributed by atoms with E-state index in [1.165, 1.54) is 0 Å². The van der Waals surface area contributed by atoms with Gasteiger partial charge in [0, 0.05) is 12.5 Å². The molecule has 1 N–H and O–H groups in total. The van der Waals surface area contributed by atoms with E-state index in [9.17, 15) is 4.79 Å². The molecule has 0 atom stereocenters. The molecule has 1 aromatic carbocycles. The van der Waals surface area contributed by atoms with E-state index in [4.69, 9.17) is 9.47 Å². The summed E-state index contributed by atoms with van der Waals surface area (Å²) in [6, 6.07) is 7.50. The third-order valence-electron chi connectivity index (χ3n) is 2.40. The van der Waals surface area contributed by atoms with Crippen LogP contribution in [0.4, 0.5) is 0 Å². The number of carbonyl (C=O) groups excluding carboxylic acids is 1. The Labute approximate surface area is 115 Å². The number of rotatable bonds is 8. The molecule has 0 saturated heterocycles. The maximum Gasteiger partial charge on any atom is 0.220 e. The van der Waals surface area contributed by atoms with Crippen LogP contribution >= 0.6 is 0 Å². The number of ether oxygens (including phenoxy) is 2. The summed E-state index contributed by atoms with van der Waals surface area (Å²) in [5.74, 6) is 2.00. The number of hydrogen-bond donors (Lipinski definition) is 1. The number of nitrogens with one attached hydrogen (secondary N) is 1. The van der Waals surface area contributed by atoms with E-state index < -0.39 is 0 Å². The number of hydrogen-bond acceptors (Lipinski definition) is 3. The lowest BCUT2D eigenvalue weighted by atomic mass is 10.1. The third kappa shape index (κ3) is 6.70. The van der Waals surface area contributed by atoms with Crippen molar-refractivity contribution in [3.63, 3.8) is 0 Å². The lowest BCUT2D eigenvalue weighted by Gasteiger charge is -2.10. The summed E-state index contributed by atoms with van der Waals surface area (Å²) in [6.07, 6.45) is 0.555. The lowest BCUT2D eigenvalue weighted by molar-refractivity contribution is -0.121. The molecule has 0 heterocycles. The van der Waals surface area contributed by atoms with E-state index >= 15 is 0 Å². The van der Waals surface area contributed by atoms with Crippen molar-refractivity contribution in [1.29, 1.82) is 0 Å². The van der Waals surface area contributed by atoms with Crippen LogP contribution in [0.1, 0.15) is 27.2 Å². The van der Waals surface area contributed by atoms with Gasteiger partial charge in [-0.25, -0.2) is 0 Å². The smallest absolute Gasteiger partial charge is 0.220 e. The Hall–Kier alpha value is -1.71. The number of amides is 1. The van der Waals surface area contributed by atoms with Gasteiger partial charge in [-0.05, 0) is 25.0 Å². The molecule has 0 aliphatic heterocycles. The largest absolute Gasteiger partial charge is 0.494 e. The fraction of sp³-hybridized carbons (Fsp3) is 0.533. The van der Waals surface area contributed by atoms with Gasteiger partial charge in [0.15, 0.2) is 0 Å². The fourth-order valence-corrected chi connectivity index (χ4v) is 1.62. The van der Waals surface area contributed by atoms with E-state index in [0.717, 1.165) is 11.5 Å². The van der Waals surface area contributed by atoms with Gasteiger partial charge < -0.3 is 14.8 Å². The molecule has 0 spiro atoms. The molecule has 4 heteroatoms. The van der Waals surface area contributed by atoms with Crippen molar-refractivity contribution >= 4 is 5.91 Å². The fourth-order valence-electron chi connectivity index (χ4n) is 1.62. The first-order chi connectivity index (χ1) is 9.11. The summed E-state index contributed by atoms with van der Waals surface area (Å²) in [4.78, 5) is 11.4. The van der Waals surface area contributed by atoms with Gasteiger partial charge in [-0.3, -0.25) is 4.79 Å². The number of benzene rings is 1. The first kappa shape index (κ1) is 15.3. The summed E-state index contributed by atoms with van der Waals surface area (Å²) in [5.41, 5.74) is 0. The molecule has 1 aromatic rings. The van der Waals surface area contributed by atoms with Crippen molar-refractivity contribution in [3.8, 4) is 11.5 Å². The van der Waals surface area contributed by atoms with Gasteiger partial charge in [-0.1, -0.05) is 19.9 Å². The highest BCUT2D eigenvalue weighted by Crippen LogP contribution is 2.19. The van der Waals surface area contributed by atoms with Crippen LogP contribution in [-0.2, 0) is 4.79 Å². The molecule has 106 valence electrons. The molecule has 0 fully saturated rings. The third-order valence-corrected chi connectivity index (χ3v) is 2.40. The molecule has 19 heavy (non-hydrogen) atoms. The van der Waals surface area contributed by atoms with Crippen molar-refractivity contribution in [2.75, 3.05) is 19.8 Å². The van der Waals surface area contributed by atoms with Crippen molar-refractivity contribution in [1.82, 2.24) is 5.32 Å². The zero-order valence-corrected chi connectivity index (χ0v) is 11.9. The zero-order valence-electron chi connectivity index (χ0n) is 11.9. The average molecular weight is 265 g/mol. The van der Waals surface area contributed by atoms with Gasteiger partial charge in [0.25, 0.3) is 0 Å². The molecular weight excluding hydrogens is 242 g/mol. The van der Waals surface area contributed by atoms with Crippen molar-refractivity contribution in [2.45, 2.75) is 27.2 Å².